The number of nitro groups is 2. The van der Waals surface area contributed by atoms with Crippen LogP contribution in [0.3, 0.4) is 0 Å². The minimum absolute atomic E-state index is 0.0933. The van der Waals surface area contributed by atoms with Crippen LogP contribution in [0.4, 0.5) is 30.2 Å². The molecule has 1 fully saturated rings. The molecule has 0 atom stereocenters. The number of halogens is 3. The number of sulfonamides is 1. The fourth-order valence-corrected chi connectivity index (χ4v) is 4.01. The van der Waals surface area contributed by atoms with Crippen LogP contribution in [-0.4, -0.2) is 47.5 Å². The monoisotopic (exact) mass is 426 g/mol. The normalized spacial score (nSPS) is 16.7. The number of alkyl halides is 3. The second-order valence-electron chi connectivity index (χ2n) is 6.12. The van der Waals surface area contributed by atoms with E-state index >= 15 is 0 Å². The zero-order chi connectivity index (χ0) is 21.3. The van der Waals surface area contributed by atoms with Gasteiger partial charge in [-0.1, -0.05) is 0 Å². The standard InChI is InChI=1S/C14H17F3N4O6S/c1-2-28(26,27)19-5-3-10(4-6-19)18-13-11(20(22)23)7-9(14(15,16)17)8-12(13)21(24)25/h7-8,10,18H,2-6H2,1H3. The van der Waals surface area contributed by atoms with Gasteiger partial charge in [0.25, 0.3) is 11.4 Å². The largest absolute Gasteiger partial charge is 0.416 e. The summed E-state index contributed by atoms with van der Waals surface area (Å²) in [4.78, 5) is 20.2. The molecule has 0 unspecified atom stereocenters. The van der Waals surface area contributed by atoms with E-state index in [9.17, 15) is 41.8 Å². The van der Waals surface area contributed by atoms with Crippen molar-refractivity contribution in [2.24, 2.45) is 0 Å². The van der Waals surface area contributed by atoms with Crippen LogP contribution < -0.4 is 5.32 Å². The molecule has 1 aliphatic rings. The molecular formula is C14H17F3N4O6S. The van der Waals surface area contributed by atoms with E-state index < -0.39 is 54.7 Å². The Morgan fingerprint density at radius 3 is 1.96 bits per heavy atom. The van der Waals surface area contributed by atoms with Gasteiger partial charge in [0.05, 0.1) is 21.2 Å². The number of nitrogens with one attached hydrogen (secondary N) is 1. The Labute approximate surface area is 157 Å². The number of rotatable bonds is 6. The molecule has 156 valence electrons. The predicted molar refractivity (Wildman–Crippen MR) is 92.4 cm³/mol. The van der Waals surface area contributed by atoms with Gasteiger partial charge in [0.2, 0.25) is 10.0 Å². The van der Waals surface area contributed by atoms with Gasteiger partial charge in [-0.2, -0.15) is 13.2 Å². The SMILES string of the molecule is CCS(=O)(=O)N1CCC(Nc2c([N+](=O)[O-])cc(C(F)(F)F)cc2[N+](=O)[O-])CC1. The van der Waals surface area contributed by atoms with Gasteiger partial charge in [0.1, 0.15) is 0 Å². The zero-order valence-corrected chi connectivity index (χ0v) is 15.4. The third-order valence-electron chi connectivity index (χ3n) is 4.38. The summed E-state index contributed by atoms with van der Waals surface area (Å²) in [7, 11) is -3.42. The summed E-state index contributed by atoms with van der Waals surface area (Å²) >= 11 is 0. The van der Waals surface area contributed by atoms with Crippen LogP contribution in [0.5, 0.6) is 0 Å². The average Bonchev–Trinajstić information content (AvgIpc) is 2.60. The summed E-state index contributed by atoms with van der Waals surface area (Å²) in [5, 5.41) is 25.0. The summed E-state index contributed by atoms with van der Waals surface area (Å²) in [6.07, 6.45) is -4.61. The van der Waals surface area contributed by atoms with Gasteiger partial charge in [-0.05, 0) is 19.8 Å². The van der Waals surface area contributed by atoms with E-state index in [4.69, 9.17) is 0 Å². The Bertz CT molecular complexity index is 847. The lowest BCUT2D eigenvalue weighted by Gasteiger charge is -2.31. The van der Waals surface area contributed by atoms with Crippen molar-refractivity contribution in [3.8, 4) is 0 Å². The third kappa shape index (κ3) is 4.67. The molecule has 2 rings (SSSR count). The van der Waals surface area contributed by atoms with Crippen molar-refractivity contribution in [3.63, 3.8) is 0 Å². The van der Waals surface area contributed by atoms with Crippen molar-refractivity contribution in [2.45, 2.75) is 32.0 Å². The fourth-order valence-electron chi connectivity index (χ4n) is 2.88. The molecule has 0 amide bonds. The minimum atomic E-state index is -4.99. The first-order valence-electron chi connectivity index (χ1n) is 8.15. The molecule has 0 aromatic heterocycles. The summed E-state index contributed by atoms with van der Waals surface area (Å²) < 4.78 is 63.7. The average molecular weight is 426 g/mol. The topological polar surface area (TPSA) is 136 Å². The van der Waals surface area contributed by atoms with Gasteiger partial charge in [-0.3, -0.25) is 20.2 Å². The highest BCUT2D eigenvalue weighted by molar-refractivity contribution is 7.89. The first kappa shape index (κ1) is 21.8. The first-order valence-corrected chi connectivity index (χ1v) is 9.76. The van der Waals surface area contributed by atoms with Crippen LogP contribution in [-0.2, 0) is 16.2 Å². The maximum atomic E-state index is 12.9. The molecule has 1 saturated heterocycles. The quantitative estimate of drug-likeness (QED) is 0.546. The summed E-state index contributed by atoms with van der Waals surface area (Å²) in [6, 6.07) is -0.0877. The van der Waals surface area contributed by atoms with E-state index in [1.807, 2.05) is 0 Å². The number of piperidine rings is 1. The Morgan fingerprint density at radius 1 is 1.14 bits per heavy atom. The molecule has 10 nitrogen and oxygen atoms in total. The lowest BCUT2D eigenvalue weighted by molar-refractivity contribution is -0.392. The molecule has 0 saturated carbocycles. The Morgan fingerprint density at radius 2 is 1.61 bits per heavy atom. The molecule has 1 heterocycles. The Balaban J connectivity index is 2.35. The number of benzene rings is 1. The van der Waals surface area contributed by atoms with Crippen molar-refractivity contribution in [2.75, 3.05) is 24.2 Å². The van der Waals surface area contributed by atoms with E-state index in [2.05, 4.69) is 5.32 Å². The molecule has 1 aliphatic heterocycles. The summed E-state index contributed by atoms with van der Waals surface area (Å²) in [5.41, 5.74) is -4.25. The molecule has 1 aromatic carbocycles. The second kappa shape index (κ2) is 7.87. The van der Waals surface area contributed by atoms with Gasteiger partial charge < -0.3 is 5.32 Å². The van der Waals surface area contributed by atoms with Crippen LogP contribution in [0, 0.1) is 20.2 Å². The summed E-state index contributed by atoms with van der Waals surface area (Å²) in [6.45, 7) is 1.67. The van der Waals surface area contributed by atoms with Crippen LogP contribution in [0.2, 0.25) is 0 Å². The van der Waals surface area contributed by atoms with Gasteiger partial charge in [-0.15, -0.1) is 0 Å². The van der Waals surface area contributed by atoms with Crippen molar-refractivity contribution < 1.29 is 31.4 Å². The predicted octanol–water partition coefficient (Wildman–Crippen LogP) is 2.75. The highest BCUT2D eigenvalue weighted by atomic mass is 32.2. The van der Waals surface area contributed by atoms with E-state index in [0.29, 0.717) is 0 Å². The van der Waals surface area contributed by atoms with Crippen LogP contribution in [0.15, 0.2) is 12.1 Å². The maximum Gasteiger partial charge on any atom is 0.416 e. The smallest absolute Gasteiger partial charge is 0.371 e. The lowest BCUT2D eigenvalue weighted by Crippen LogP contribution is -2.43. The number of nitrogens with zero attached hydrogens (tertiary/aromatic N) is 3. The van der Waals surface area contributed by atoms with Crippen LogP contribution in [0.25, 0.3) is 0 Å². The molecule has 0 bridgehead atoms. The van der Waals surface area contributed by atoms with E-state index in [1.54, 1.807) is 0 Å². The van der Waals surface area contributed by atoms with Crippen LogP contribution in [0.1, 0.15) is 25.3 Å². The Hall–Kier alpha value is -2.48. The first-order chi connectivity index (χ1) is 12.9. The van der Waals surface area contributed by atoms with Gasteiger partial charge in [-0.25, -0.2) is 12.7 Å². The van der Waals surface area contributed by atoms with Crippen LogP contribution >= 0.6 is 0 Å². The van der Waals surface area contributed by atoms with Crippen molar-refractivity contribution in [1.82, 2.24) is 4.31 Å². The number of hydrogen-bond acceptors (Lipinski definition) is 7. The molecule has 14 heteroatoms. The minimum Gasteiger partial charge on any atom is -0.371 e. The van der Waals surface area contributed by atoms with Crippen molar-refractivity contribution >= 4 is 27.1 Å². The second-order valence-corrected chi connectivity index (χ2v) is 8.38. The van der Waals surface area contributed by atoms with Gasteiger partial charge in [0.15, 0.2) is 5.69 Å². The highest BCUT2D eigenvalue weighted by Gasteiger charge is 2.38. The van der Waals surface area contributed by atoms with Crippen molar-refractivity contribution in [1.29, 1.82) is 0 Å². The van der Waals surface area contributed by atoms with E-state index in [0.717, 1.165) is 0 Å². The molecule has 0 aliphatic carbocycles. The van der Waals surface area contributed by atoms with E-state index in [-0.39, 0.29) is 43.8 Å². The van der Waals surface area contributed by atoms with Crippen molar-refractivity contribution in [3.05, 3.63) is 37.9 Å². The van der Waals surface area contributed by atoms with Gasteiger partial charge >= 0.3 is 6.18 Å². The Kier molecular flexibility index (Phi) is 6.13. The molecule has 0 radical (unpaired) electrons. The molecule has 28 heavy (non-hydrogen) atoms. The molecular weight excluding hydrogens is 409 g/mol. The number of anilines is 1. The lowest BCUT2D eigenvalue weighted by atomic mass is 10.0. The number of nitro benzene ring substituents is 2. The summed E-state index contributed by atoms with van der Waals surface area (Å²) in [5.74, 6) is -0.0963. The highest BCUT2D eigenvalue weighted by Crippen LogP contribution is 2.41. The number of hydrogen-bond donors (Lipinski definition) is 1. The molecule has 1 aromatic rings. The third-order valence-corrected chi connectivity index (χ3v) is 6.26. The molecule has 0 spiro atoms. The van der Waals surface area contributed by atoms with E-state index in [1.165, 1.54) is 11.2 Å². The fraction of sp³-hybridized carbons (Fsp3) is 0.571. The van der Waals surface area contributed by atoms with Gasteiger partial charge in [0, 0.05) is 31.3 Å². The molecule has 1 N–H and O–H groups in total. The maximum absolute atomic E-state index is 12.9. The zero-order valence-electron chi connectivity index (χ0n) is 14.6.